The molecule has 2 nitrogen and oxygen atoms in total. The summed E-state index contributed by atoms with van der Waals surface area (Å²) in [4.78, 5) is 11.7. The molecular formula is C12H24BrNO. The van der Waals surface area contributed by atoms with Crippen LogP contribution < -0.4 is 5.32 Å². The topological polar surface area (TPSA) is 29.1 Å². The minimum atomic E-state index is -0.0747. The van der Waals surface area contributed by atoms with Crippen LogP contribution in [0.15, 0.2) is 0 Å². The summed E-state index contributed by atoms with van der Waals surface area (Å²) in [6.45, 7) is 10.5. The molecule has 0 aromatic heterocycles. The molecule has 0 heterocycles. The maximum absolute atomic E-state index is 11.8. The van der Waals surface area contributed by atoms with Crippen molar-refractivity contribution in [2.24, 2.45) is 11.8 Å². The van der Waals surface area contributed by atoms with Gasteiger partial charge in [-0.15, -0.1) is 0 Å². The Morgan fingerprint density at radius 2 is 1.67 bits per heavy atom. The first-order valence-electron chi connectivity index (χ1n) is 5.88. The molecule has 1 amide bonds. The number of hydrogen-bond donors (Lipinski definition) is 1. The number of hydrogen-bond acceptors (Lipinski definition) is 1. The lowest BCUT2D eigenvalue weighted by atomic mass is 9.95. The highest BCUT2D eigenvalue weighted by Crippen LogP contribution is 2.16. The summed E-state index contributed by atoms with van der Waals surface area (Å²) in [5.41, 5.74) is 0. The van der Waals surface area contributed by atoms with Gasteiger partial charge in [0.05, 0.1) is 4.83 Å². The molecule has 90 valence electrons. The Morgan fingerprint density at radius 1 is 1.20 bits per heavy atom. The minimum Gasteiger partial charge on any atom is -0.352 e. The van der Waals surface area contributed by atoms with E-state index >= 15 is 0 Å². The summed E-state index contributed by atoms with van der Waals surface area (Å²) < 4.78 is 0. The smallest absolute Gasteiger partial charge is 0.234 e. The third-order valence-corrected chi connectivity index (χ3v) is 4.43. The molecule has 0 spiro atoms. The van der Waals surface area contributed by atoms with E-state index in [0.717, 1.165) is 12.8 Å². The maximum atomic E-state index is 11.8. The van der Waals surface area contributed by atoms with Gasteiger partial charge in [-0.25, -0.2) is 0 Å². The molecule has 0 aromatic rings. The van der Waals surface area contributed by atoms with Gasteiger partial charge in [-0.05, 0) is 18.8 Å². The molecule has 0 aliphatic carbocycles. The number of halogens is 1. The van der Waals surface area contributed by atoms with Crippen molar-refractivity contribution in [2.45, 2.75) is 58.3 Å². The largest absolute Gasteiger partial charge is 0.352 e. The number of alkyl halides is 1. The van der Waals surface area contributed by atoms with Gasteiger partial charge in [-0.2, -0.15) is 0 Å². The number of amides is 1. The summed E-state index contributed by atoms with van der Waals surface area (Å²) in [6.07, 6.45) is 2.24. The van der Waals surface area contributed by atoms with E-state index in [1.54, 1.807) is 0 Å². The Kier molecular flexibility index (Phi) is 7.24. The highest BCUT2D eigenvalue weighted by molar-refractivity contribution is 9.10. The van der Waals surface area contributed by atoms with E-state index in [1.807, 2.05) is 13.8 Å². The second-order valence-electron chi connectivity index (χ2n) is 4.52. The van der Waals surface area contributed by atoms with Crippen molar-refractivity contribution in [2.75, 3.05) is 0 Å². The van der Waals surface area contributed by atoms with Crippen LogP contribution in [0.2, 0.25) is 0 Å². The van der Waals surface area contributed by atoms with Crippen molar-refractivity contribution in [1.82, 2.24) is 5.32 Å². The second kappa shape index (κ2) is 7.26. The first kappa shape index (κ1) is 14.9. The number of carbonyl (C=O) groups excluding carboxylic acids is 1. The van der Waals surface area contributed by atoms with Crippen molar-refractivity contribution < 1.29 is 4.79 Å². The molecule has 2 unspecified atom stereocenters. The van der Waals surface area contributed by atoms with Crippen LogP contribution in [0, 0.1) is 11.8 Å². The molecule has 15 heavy (non-hydrogen) atoms. The van der Waals surface area contributed by atoms with Crippen LogP contribution in [0.3, 0.4) is 0 Å². The third kappa shape index (κ3) is 5.01. The van der Waals surface area contributed by atoms with Crippen LogP contribution in [-0.2, 0) is 4.79 Å². The normalized spacial score (nSPS) is 15.5. The standard InChI is InChI=1S/C12H24BrNO/c1-6-10(7-2)9(5)14-12(15)11(13)8(3)4/h8-11H,6-7H2,1-5H3,(H,14,15). The summed E-state index contributed by atoms with van der Waals surface area (Å²) >= 11 is 3.42. The van der Waals surface area contributed by atoms with Gasteiger partial charge in [-0.3, -0.25) is 4.79 Å². The lowest BCUT2D eigenvalue weighted by Crippen LogP contribution is -2.42. The molecule has 0 aliphatic rings. The average Bonchev–Trinajstić information content (AvgIpc) is 2.18. The zero-order valence-electron chi connectivity index (χ0n) is 10.5. The van der Waals surface area contributed by atoms with Crippen molar-refractivity contribution in [3.63, 3.8) is 0 Å². The fraction of sp³-hybridized carbons (Fsp3) is 0.917. The predicted octanol–water partition coefficient (Wildman–Crippen LogP) is 3.35. The molecule has 1 N–H and O–H groups in total. The number of rotatable bonds is 6. The molecule has 3 heteroatoms. The first-order valence-corrected chi connectivity index (χ1v) is 6.79. The first-order chi connectivity index (χ1) is 6.93. The molecule has 0 saturated carbocycles. The van der Waals surface area contributed by atoms with Crippen LogP contribution >= 0.6 is 15.9 Å². The van der Waals surface area contributed by atoms with Gasteiger partial charge >= 0.3 is 0 Å². The van der Waals surface area contributed by atoms with Crippen molar-refractivity contribution in [3.05, 3.63) is 0 Å². The van der Waals surface area contributed by atoms with Crippen LogP contribution in [0.1, 0.15) is 47.5 Å². The van der Waals surface area contributed by atoms with Gasteiger partial charge in [-0.1, -0.05) is 56.5 Å². The Bertz CT molecular complexity index is 190. The van der Waals surface area contributed by atoms with E-state index in [2.05, 4.69) is 42.0 Å². The molecular weight excluding hydrogens is 254 g/mol. The minimum absolute atomic E-state index is 0.0747. The Hall–Kier alpha value is -0.0500. The Morgan fingerprint density at radius 3 is 2.00 bits per heavy atom. The number of carbonyl (C=O) groups is 1. The predicted molar refractivity (Wildman–Crippen MR) is 69.2 cm³/mol. The van der Waals surface area contributed by atoms with E-state index in [1.165, 1.54) is 0 Å². The molecule has 0 rings (SSSR count). The van der Waals surface area contributed by atoms with Gasteiger partial charge in [0, 0.05) is 6.04 Å². The summed E-state index contributed by atoms with van der Waals surface area (Å²) in [6, 6.07) is 0.270. The summed E-state index contributed by atoms with van der Waals surface area (Å²) in [7, 11) is 0. The van der Waals surface area contributed by atoms with E-state index < -0.39 is 0 Å². The molecule has 0 aliphatic heterocycles. The fourth-order valence-electron chi connectivity index (χ4n) is 1.72. The number of nitrogens with one attached hydrogen (secondary N) is 1. The van der Waals surface area contributed by atoms with Crippen LogP contribution in [-0.4, -0.2) is 16.8 Å². The zero-order valence-corrected chi connectivity index (χ0v) is 12.1. The zero-order chi connectivity index (χ0) is 12.0. The second-order valence-corrected chi connectivity index (χ2v) is 5.51. The average molecular weight is 278 g/mol. The van der Waals surface area contributed by atoms with Crippen LogP contribution in [0.5, 0.6) is 0 Å². The van der Waals surface area contributed by atoms with Gasteiger partial charge in [0.2, 0.25) is 5.91 Å². The van der Waals surface area contributed by atoms with Gasteiger partial charge < -0.3 is 5.32 Å². The Balaban J connectivity index is 4.16. The highest BCUT2D eigenvalue weighted by atomic mass is 79.9. The lowest BCUT2D eigenvalue weighted by Gasteiger charge is -2.24. The van der Waals surface area contributed by atoms with Crippen molar-refractivity contribution in [3.8, 4) is 0 Å². The molecule has 2 atom stereocenters. The van der Waals surface area contributed by atoms with E-state index in [-0.39, 0.29) is 16.8 Å². The lowest BCUT2D eigenvalue weighted by molar-refractivity contribution is -0.122. The molecule has 0 saturated heterocycles. The van der Waals surface area contributed by atoms with Crippen molar-refractivity contribution in [1.29, 1.82) is 0 Å². The molecule has 0 radical (unpaired) electrons. The Labute approximate surface area is 102 Å². The van der Waals surface area contributed by atoms with Gasteiger partial charge in [0.15, 0.2) is 0 Å². The summed E-state index contributed by atoms with van der Waals surface area (Å²) in [5, 5.41) is 3.08. The van der Waals surface area contributed by atoms with E-state index in [4.69, 9.17) is 0 Å². The van der Waals surface area contributed by atoms with Crippen LogP contribution in [0.25, 0.3) is 0 Å². The quantitative estimate of drug-likeness (QED) is 0.742. The van der Waals surface area contributed by atoms with E-state index in [0.29, 0.717) is 11.8 Å². The highest BCUT2D eigenvalue weighted by Gasteiger charge is 2.22. The maximum Gasteiger partial charge on any atom is 0.234 e. The fourth-order valence-corrected chi connectivity index (χ4v) is 1.85. The molecule has 0 fully saturated rings. The SMILES string of the molecule is CCC(CC)C(C)NC(=O)C(Br)C(C)C. The summed E-state index contributed by atoms with van der Waals surface area (Å²) in [5.74, 6) is 1.03. The van der Waals surface area contributed by atoms with Gasteiger partial charge in [0.1, 0.15) is 0 Å². The molecule has 0 aromatic carbocycles. The van der Waals surface area contributed by atoms with Crippen molar-refractivity contribution >= 4 is 21.8 Å². The van der Waals surface area contributed by atoms with Crippen LogP contribution in [0.4, 0.5) is 0 Å². The molecule has 0 bridgehead atoms. The monoisotopic (exact) mass is 277 g/mol. The van der Waals surface area contributed by atoms with Gasteiger partial charge in [0.25, 0.3) is 0 Å². The third-order valence-electron chi connectivity index (χ3n) is 2.96. The van der Waals surface area contributed by atoms with E-state index in [9.17, 15) is 4.79 Å².